The third kappa shape index (κ3) is 4.78. The van der Waals surface area contributed by atoms with E-state index in [2.05, 4.69) is 23.1 Å². The Bertz CT molecular complexity index is 1590. The topological polar surface area (TPSA) is 53.7 Å². The molecule has 3 heterocycles. The maximum atomic E-state index is 11.4. The van der Waals surface area contributed by atoms with Crippen molar-refractivity contribution < 1.29 is 5.11 Å². The molecule has 7 heteroatoms. The van der Waals surface area contributed by atoms with E-state index in [9.17, 15) is 5.11 Å². The largest absolute Gasteiger partial charge is 0.389 e. The SMILES string of the molecule is Cc1cc(N2CCC(O)(Cc3ccccc3)CC2)n2nc(-c3ccccc3Cl)c(-c3ccc(Cl)cc3)c2n1. The molecule has 1 N–H and O–H groups in total. The number of nitrogens with zero attached hydrogens (tertiary/aromatic N) is 4. The molecule has 0 radical (unpaired) electrons. The first kappa shape index (κ1) is 24.9. The van der Waals surface area contributed by atoms with Crippen LogP contribution in [0, 0.1) is 6.92 Å². The fourth-order valence-corrected chi connectivity index (χ4v) is 5.72. The van der Waals surface area contributed by atoms with Gasteiger partial charge in [0.05, 0.1) is 16.2 Å². The van der Waals surface area contributed by atoms with E-state index in [0.29, 0.717) is 29.3 Å². The number of fused-ring (bicyclic) bond motifs is 1. The highest BCUT2D eigenvalue weighted by Gasteiger charge is 2.34. The quantitative estimate of drug-likeness (QED) is 0.254. The summed E-state index contributed by atoms with van der Waals surface area (Å²) in [5.41, 5.74) is 5.62. The lowest BCUT2D eigenvalue weighted by Gasteiger charge is -2.39. The zero-order valence-corrected chi connectivity index (χ0v) is 22.6. The van der Waals surface area contributed by atoms with Crippen LogP contribution in [0.15, 0.2) is 84.9 Å². The van der Waals surface area contributed by atoms with Crippen LogP contribution in [0.3, 0.4) is 0 Å². The Morgan fingerprint density at radius 2 is 1.58 bits per heavy atom. The summed E-state index contributed by atoms with van der Waals surface area (Å²) >= 11 is 12.9. The zero-order chi connectivity index (χ0) is 26.3. The Morgan fingerprint density at radius 1 is 0.895 bits per heavy atom. The molecule has 1 saturated heterocycles. The van der Waals surface area contributed by atoms with Gasteiger partial charge in [0, 0.05) is 41.9 Å². The van der Waals surface area contributed by atoms with E-state index >= 15 is 0 Å². The van der Waals surface area contributed by atoms with Crippen molar-refractivity contribution in [3.05, 3.63) is 106 Å². The van der Waals surface area contributed by atoms with Gasteiger partial charge in [-0.1, -0.05) is 83.9 Å². The molecule has 0 aliphatic carbocycles. The summed E-state index contributed by atoms with van der Waals surface area (Å²) in [4.78, 5) is 7.24. The highest BCUT2D eigenvalue weighted by molar-refractivity contribution is 6.33. The van der Waals surface area contributed by atoms with Gasteiger partial charge >= 0.3 is 0 Å². The van der Waals surface area contributed by atoms with Crippen molar-refractivity contribution in [2.24, 2.45) is 0 Å². The average molecular weight is 543 g/mol. The normalized spacial score (nSPS) is 15.2. The van der Waals surface area contributed by atoms with E-state index in [0.717, 1.165) is 58.2 Å². The van der Waals surface area contributed by atoms with Gasteiger partial charge < -0.3 is 10.0 Å². The lowest BCUT2D eigenvalue weighted by atomic mass is 9.85. The number of piperidine rings is 1. The molecular weight excluding hydrogens is 515 g/mol. The number of benzene rings is 3. The van der Waals surface area contributed by atoms with Gasteiger partial charge in [-0.05, 0) is 49.1 Å². The van der Waals surface area contributed by atoms with Crippen LogP contribution in [0.25, 0.3) is 28.0 Å². The van der Waals surface area contributed by atoms with Crippen molar-refractivity contribution in [1.29, 1.82) is 0 Å². The van der Waals surface area contributed by atoms with Crippen LogP contribution < -0.4 is 4.90 Å². The number of aliphatic hydroxyl groups is 1. The molecule has 0 spiro atoms. The van der Waals surface area contributed by atoms with Crippen LogP contribution >= 0.6 is 23.2 Å². The molecule has 3 aromatic carbocycles. The predicted molar refractivity (Wildman–Crippen MR) is 155 cm³/mol. The molecule has 38 heavy (non-hydrogen) atoms. The number of anilines is 1. The van der Waals surface area contributed by atoms with Gasteiger partial charge in [0.15, 0.2) is 5.65 Å². The third-order valence-corrected chi connectivity index (χ3v) is 7.94. The van der Waals surface area contributed by atoms with Crippen molar-refractivity contribution in [1.82, 2.24) is 14.6 Å². The van der Waals surface area contributed by atoms with E-state index in [1.54, 1.807) is 0 Å². The summed E-state index contributed by atoms with van der Waals surface area (Å²) in [7, 11) is 0. The van der Waals surface area contributed by atoms with Gasteiger partial charge in [0.2, 0.25) is 0 Å². The van der Waals surface area contributed by atoms with Crippen LogP contribution in [0.2, 0.25) is 10.0 Å². The second-order valence-electron chi connectivity index (χ2n) is 10.1. The Balaban J connectivity index is 1.43. The lowest BCUT2D eigenvalue weighted by molar-refractivity contribution is 0.0163. The first-order valence-electron chi connectivity index (χ1n) is 12.8. The number of aryl methyl sites for hydroxylation is 1. The molecule has 0 unspecified atom stereocenters. The Labute approximate surface area is 232 Å². The predicted octanol–water partition coefficient (Wildman–Crippen LogP) is 7.25. The monoisotopic (exact) mass is 542 g/mol. The van der Waals surface area contributed by atoms with Crippen molar-refractivity contribution in [2.75, 3.05) is 18.0 Å². The average Bonchev–Trinajstić information content (AvgIpc) is 3.29. The number of hydrogen-bond donors (Lipinski definition) is 1. The van der Waals surface area contributed by atoms with Crippen molar-refractivity contribution in [2.45, 2.75) is 31.8 Å². The molecule has 5 nitrogen and oxygen atoms in total. The van der Waals surface area contributed by atoms with Gasteiger partial charge in [-0.2, -0.15) is 9.61 Å². The lowest BCUT2D eigenvalue weighted by Crippen LogP contribution is -2.46. The molecule has 0 atom stereocenters. The van der Waals surface area contributed by atoms with Crippen LogP contribution in [-0.4, -0.2) is 38.4 Å². The van der Waals surface area contributed by atoms with Crippen LogP contribution in [0.4, 0.5) is 5.82 Å². The molecule has 2 aromatic heterocycles. The van der Waals surface area contributed by atoms with E-state index in [1.165, 1.54) is 0 Å². The maximum absolute atomic E-state index is 11.4. The standard InChI is InChI=1S/C31H28Cl2N4O/c1-21-19-27(36-17-15-31(38,16-18-36)20-22-7-3-2-4-8-22)37-30(34-21)28(23-11-13-24(32)14-12-23)29(35-37)25-9-5-6-10-26(25)33/h2-14,19,38H,15-18,20H2,1H3. The first-order valence-corrected chi connectivity index (χ1v) is 13.6. The summed E-state index contributed by atoms with van der Waals surface area (Å²) in [5.74, 6) is 0.961. The minimum atomic E-state index is -0.722. The minimum Gasteiger partial charge on any atom is -0.389 e. The summed E-state index contributed by atoms with van der Waals surface area (Å²) in [6.45, 7) is 3.45. The number of halogens is 2. The molecule has 1 aliphatic heterocycles. The van der Waals surface area contributed by atoms with Gasteiger partial charge in [-0.3, -0.25) is 0 Å². The summed E-state index contributed by atoms with van der Waals surface area (Å²) in [6.07, 6.45) is 2.01. The Kier molecular flexibility index (Phi) is 6.60. The Hall–Kier alpha value is -3.38. The second-order valence-corrected chi connectivity index (χ2v) is 10.9. The summed E-state index contributed by atoms with van der Waals surface area (Å²) in [6, 6.07) is 27.8. The van der Waals surface area contributed by atoms with Gasteiger partial charge in [0.25, 0.3) is 0 Å². The van der Waals surface area contributed by atoms with Gasteiger partial charge in [-0.25, -0.2) is 4.98 Å². The van der Waals surface area contributed by atoms with Gasteiger partial charge in [0.1, 0.15) is 11.5 Å². The third-order valence-electron chi connectivity index (χ3n) is 7.35. The van der Waals surface area contributed by atoms with E-state index in [1.807, 2.05) is 78.2 Å². The maximum Gasteiger partial charge on any atom is 0.166 e. The highest BCUT2D eigenvalue weighted by Crippen LogP contribution is 2.40. The number of hydrogen-bond acceptors (Lipinski definition) is 4. The second kappa shape index (κ2) is 10.1. The molecule has 6 rings (SSSR count). The van der Waals surface area contributed by atoms with Gasteiger partial charge in [-0.15, -0.1) is 0 Å². The van der Waals surface area contributed by atoms with Crippen molar-refractivity contribution >= 4 is 34.7 Å². The molecule has 0 amide bonds. The molecule has 1 aliphatic rings. The van der Waals surface area contributed by atoms with E-state index in [4.69, 9.17) is 33.3 Å². The number of aromatic nitrogens is 3. The van der Waals surface area contributed by atoms with Crippen LogP contribution in [0.5, 0.6) is 0 Å². The smallest absolute Gasteiger partial charge is 0.166 e. The molecule has 0 saturated carbocycles. The van der Waals surface area contributed by atoms with E-state index < -0.39 is 5.60 Å². The summed E-state index contributed by atoms with van der Waals surface area (Å²) in [5, 5.41) is 17.8. The first-order chi connectivity index (χ1) is 18.4. The fraction of sp³-hybridized carbons (Fsp3) is 0.226. The van der Waals surface area contributed by atoms with Crippen molar-refractivity contribution in [3.8, 4) is 22.4 Å². The van der Waals surface area contributed by atoms with Crippen LogP contribution in [0.1, 0.15) is 24.1 Å². The fourth-order valence-electron chi connectivity index (χ4n) is 5.37. The number of rotatable bonds is 5. The van der Waals surface area contributed by atoms with Crippen molar-refractivity contribution in [3.63, 3.8) is 0 Å². The zero-order valence-electron chi connectivity index (χ0n) is 21.1. The minimum absolute atomic E-state index is 0.633. The molecule has 0 bridgehead atoms. The molecule has 1 fully saturated rings. The summed E-state index contributed by atoms with van der Waals surface area (Å²) < 4.78 is 1.93. The molecule has 192 valence electrons. The highest BCUT2D eigenvalue weighted by atomic mass is 35.5. The Morgan fingerprint density at radius 3 is 2.29 bits per heavy atom. The van der Waals surface area contributed by atoms with Crippen LogP contribution in [-0.2, 0) is 6.42 Å². The molecular formula is C31H28Cl2N4O. The van der Waals surface area contributed by atoms with E-state index in [-0.39, 0.29) is 0 Å². The molecule has 5 aromatic rings.